The predicted octanol–water partition coefficient (Wildman–Crippen LogP) is 3.93. The Morgan fingerprint density at radius 2 is 2.12 bits per heavy atom. The number of aryl methyl sites for hydroxylation is 1. The van der Waals surface area contributed by atoms with Crippen molar-refractivity contribution < 1.29 is 4.74 Å². The summed E-state index contributed by atoms with van der Waals surface area (Å²) in [5, 5.41) is 8.86. The smallest absolute Gasteiger partial charge is 0.191 e. The minimum Gasteiger partial charge on any atom is -0.496 e. The van der Waals surface area contributed by atoms with Crippen LogP contribution in [0.4, 0.5) is 0 Å². The molecule has 2 heterocycles. The summed E-state index contributed by atoms with van der Waals surface area (Å²) in [4.78, 5) is 10.2. The van der Waals surface area contributed by atoms with E-state index in [1.54, 1.807) is 14.2 Å². The summed E-state index contributed by atoms with van der Waals surface area (Å²) in [6.07, 6.45) is 2.93. The zero-order chi connectivity index (χ0) is 18.2. The Balaban J connectivity index is 0.00000338. The zero-order valence-electron chi connectivity index (χ0n) is 16.1. The van der Waals surface area contributed by atoms with Crippen LogP contribution < -0.4 is 15.4 Å². The highest BCUT2D eigenvalue weighted by molar-refractivity contribution is 14.0. The highest BCUT2D eigenvalue weighted by Gasteiger charge is 2.10. The number of nitrogens with one attached hydrogen (secondary N) is 2. The van der Waals surface area contributed by atoms with Crippen LogP contribution in [0.2, 0.25) is 0 Å². The normalized spacial score (nSPS) is 12.3. The maximum atomic E-state index is 5.47. The maximum absolute atomic E-state index is 5.47. The van der Waals surface area contributed by atoms with Crippen LogP contribution in [0.5, 0.6) is 5.75 Å². The molecule has 2 rings (SSSR count). The maximum Gasteiger partial charge on any atom is 0.191 e. The van der Waals surface area contributed by atoms with E-state index in [4.69, 9.17) is 4.74 Å². The van der Waals surface area contributed by atoms with Crippen molar-refractivity contribution in [2.24, 2.45) is 10.9 Å². The average molecular weight is 488 g/mol. The summed E-state index contributed by atoms with van der Waals surface area (Å²) in [5.74, 6) is 2.23. The molecule has 26 heavy (non-hydrogen) atoms. The molecule has 1 unspecified atom stereocenters. The lowest BCUT2D eigenvalue weighted by Gasteiger charge is -2.17. The number of nitrogens with zero attached hydrogens (tertiary/aromatic N) is 2. The number of halogens is 1. The molecule has 0 aliphatic heterocycles. The molecule has 2 aromatic rings. The van der Waals surface area contributed by atoms with Gasteiger partial charge in [0.1, 0.15) is 5.75 Å². The van der Waals surface area contributed by atoms with Gasteiger partial charge in [-0.25, -0.2) is 0 Å². The third kappa shape index (κ3) is 6.42. The van der Waals surface area contributed by atoms with E-state index in [0.29, 0.717) is 12.5 Å². The number of aromatic nitrogens is 1. The van der Waals surface area contributed by atoms with Gasteiger partial charge in [-0.1, -0.05) is 13.0 Å². The van der Waals surface area contributed by atoms with E-state index in [9.17, 15) is 0 Å². The van der Waals surface area contributed by atoms with Crippen LogP contribution in [-0.4, -0.2) is 31.6 Å². The van der Waals surface area contributed by atoms with Gasteiger partial charge in [0.2, 0.25) is 0 Å². The van der Waals surface area contributed by atoms with Gasteiger partial charge in [-0.05, 0) is 37.6 Å². The second kappa shape index (κ2) is 11.4. The zero-order valence-corrected chi connectivity index (χ0v) is 19.3. The lowest BCUT2D eigenvalue weighted by atomic mass is 10.1. The van der Waals surface area contributed by atoms with Gasteiger partial charge in [0.25, 0.3) is 0 Å². The van der Waals surface area contributed by atoms with Gasteiger partial charge < -0.3 is 15.4 Å². The van der Waals surface area contributed by atoms with Gasteiger partial charge in [-0.2, -0.15) is 0 Å². The number of thiophene rings is 1. The molecule has 0 fully saturated rings. The van der Waals surface area contributed by atoms with Crippen LogP contribution >= 0.6 is 35.3 Å². The molecule has 1 atom stereocenters. The first-order chi connectivity index (χ1) is 12.0. The Hall–Kier alpha value is -1.35. The molecular weight excluding hydrogens is 459 g/mol. The fraction of sp³-hybridized carbons (Fsp3) is 0.474. The van der Waals surface area contributed by atoms with E-state index in [-0.39, 0.29) is 24.0 Å². The monoisotopic (exact) mass is 488 g/mol. The van der Waals surface area contributed by atoms with Gasteiger partial charge in [-0.3, -0.25) is 9.98 Å². The fourth-order valence-corrected chi connectivity index (χ4v) is 3.62. The summed E-state index contributed by atoms with van der Waals surface area (Å²) < 4.78 is 5.47. The summed E-state index contributed by atoms with van der Waals surface area (Å²) in [5.41, 5.74) is 3.09. The van der Waals surface area contributed by atoms with Crippen molar-refractivity contribution in [3.8, 4) is 5.75 Å². The molecule has 0 radical (unpaired) electrons. The van der Waals surface area contributed by atoms with Crippen LogP contribution in [0.1, 0.15) is 28.6 Å². The van der Waals surface area contributed by atoms with Crippen LogP contribution in [0.3, 0.4) is 0 Å². The molecule has 0 saturated heterocycles. The van der Waals surface area contributed by atoms with Gasteiger partial charge >= 0.3 is 0 Å². The number of pyridine rings is 1. The largest absolute Gasteiger partial charge is 0.496 e. The van der Waals surface area contributed by atoms with Crippen molar-refractivity contribution in [1.82, 2.24) is 15.6 Å². The number of methoxy groups -OCH3 is 1. The van der Waals surface area contributed by atoms with Gasteiger partial charge in [-0.15, -0.1) is 35.3 Å². The molecule has 0 aliphatic rings. The van der Waals surface area contributed by atoms with Crippen LogP contribution in [0.15, 0.2) is 28.7 Å². The van der Waals surface area contributed by atoms with E-state index >= 15 is 0 Å². The number of hydrogen-bond donors (Lipinski definition) is 2. The number of guanidine groups is 1. The molecule has 0 aromatic carbocycles. The molecule has 2 N–H and O–H groups in total. The minimum absolute atomic E-state index is 0. The molecule has 144 valence electrons. The van der Waals surface area contributed by atoms with Crippen molar-refractivity contribution in [3.63, 3.8) is 0 Å². The molecular formula is C19H29IN4OS. The number of rotatable bonds is 7. The highest BCUT2D eigenvalue weighted by atomic mass is 127. The van der Waals surface area contributed by atoms with Crippen LogP contribution in [0, 0.1) is 19.8 Å². The molecule has 5 nitrogen and oxygen atoms in total. The van der Waals surface area contributed by atoms with E-state index < -0.39 is 0 Å². The molecule has 0 bridgehead atoms. The van der Waals surface area contributed by atoms with Crippen molar-refractivity contribution in [3.05, 3.63) is 45.4 Å². The summed E-state index contributed by atoms with van der Waals surface area (Å²) in [7, 11) is 3.48. The first-order valence-electron chi connectivity index (χ1n) is 8.51. The van der Waals surface area contributed by atoms with Crippen molar-refractivity contribution in [2.75, 3.05) is 20.7 Å². The second-order valence-corrected chi connectivity index (χ2v) is 7.27. The SMILES string of the molecule is CN=C(NCc1ncc(C)c(OC)c1C)NCC(C)Cc1cccs1.I. The van der Waals surface area contributed by atoms with Crippen LogP contribution in [0.25, 0.3) is 0 Å². The topological polar surface area (TPSA) is 58.5 Å². The Morgan fingerprint density at radius 3 is 2.73 bits per heavy atom. The fourth-order valence-electron chi connectivity index (χ4n) is 2.75. The van der Waals surface area contributed by atoms with Gasteiger partial charge in [0, 0.05) is 35.8 Å². The first-order valence-corrected chi connectivity index (χ1v) is 9.39. The number of hydrogen-bond acceptors (Lipinski definition) is 4. The van der Waals surface area contributed by atoms with Crippen LogP contribution in [-0.2, 0) is 13.0 Å². The van der Waals surface area contributed by atoms with Gasteiger partial charge in [0.15, 0.2) is 5.96 Å². The van der Waals surface area contributed by atoms with E-state index in [0.717, 1.165) is 41.5 Å². The quantitative estimate of drug-likeness (QED) is 0.352. The summed E-state index contributed by atoms with van der Waals surface area (Å²) >= 11 is 1.81. The second-order valence-electron chi connectivity index (χ2n) is 6.24. The van der Waals surface area contributed by atoms with Gasteiger partial charge in [0.05, 0.1) is 19.3 Å². The van der Waals surface area contributed by atoms with Crippen molar-refractivity contribution in [2.45, 2.75) is 33.7 Å². The van der Waals surface area contributed by atoms with E-state index in [1.807, 2.05) is 31.4 Å². The number of aliphatic imine (C=N–C) groups is 1. The highest BCUT2D eigenvalue weighted by Crippen LogP contribution is 2.23. The molecule has 0 aliphatic carbocycles. The lowest BCUT2D eigenvalue weighted by molar-refractivity contribution is 0.406. The summed E-state index contributed by atoms with van der Waals surface area (Å²) in [6.45, 7) is 7.78. The average Bonchev–Trinajstić information content (AvgIpc) is 3.10. The van der Waals surface area contributed by atoms with E-state index in [1.165, 1.54) is 4.88 Å². The predicted molar refractivity (Wildman–Crippen MR) is 121 cm³/mol. The van der Waals surface area contributed by atoms with Crippen molar-refractivity contribution in [1.29, 1.82) is 0 Å². The third-order valence-corrected chi connectivity index (χ3v) is 5.04. The van der Waals surface area contributed by atoms with E-state index in [2.05, 4.69) is 45.0 Å². The Morgan fingerprint density at radius 1 is 1.35 bits per heavy atom. The Kier molecular flexibility index (Phi) is 9.93. The standard InChI is InChI=1S/C19H28N4OS.HI/c1-13(9-16-7-6-8-25-16)10-22-19(20-4)23-12-17-15(3)18(24-5)14(2)11-21-17;/h6-8,11,13H,9-10,12H2,1-5H3,(H2,20,22,23);1H. The number of ether oxygens (including phenoxy) is 1. The molecule has 0 spiro atoms. The third-order valence-electron chi connectivity index (χ3n) is 4.14. The summed E-state index contributed by atoms with van der Waals surface area (Å²) in [6, 6.07) is 4.29. The molecule has 2 aromatic heterocycles. The Bertz CT molecular complexity index is 704. The first kappa shape index (κ1) is 22.7. The lowest BCUT2D eigenvalue weighted by Crippen LogP contribution is -2.39. The molecule has 0 saturated carbocycles. The molecule has 0 amide bonds. The minimum atomic E-state index is 0. The van der Waals surface area contributed by atoms with Crippen molar-refractivity contribution >= 4 is 41.3 Å². The Labute approximate surface area is 177 Å². The molecule has 7 heteroatoms.